The summed E-state index contributed by atoms with van der Waals surface area (Å²) < 4.78 is 5.09. The molecule has 0 aliphatic carbocycles. The maximum atomic E-state index is 5.09. The van der Waals surface area contributed by atoms with Crippen LogP contribution in [0.25, 0.3) is 0 Å². The molecule has 0 bridgehead atoms. The average molecular weight is 177 g/mol. The molecule has 1 aromatic carbocycles. The van der Waals surface area contributed by atoms with Crippen molar-refractivity contribution in [3.63, 3.8) is 0 Å². The molecule has 1 aromatic rings. The molecular formula is C11H15NO. The van der Waals surface area contributed by atoms with Gasteiger partial charge in [0.1, 0.15) is 0 Å². The molecule has 0 amide bonds. The first-order valence-electron chi connectivity index (χ1n) is 4.72. The van der Waals surface area contributed by atoms with Gasteiger partial charge >= 0.3 is 0 Å². The van der Waals surface area contributed by atoms with Gasteiger partial charge in [0.25, 0.3) is 0 Å². The second-order valence-corrected chi connectivity index (χ2v) is 3.54. The van der Waals surface area contributed by atoms with Crippen LogP contribution in [0.3, 0.4) is 0 Å². The Balaban J connectivity index is 1.89. The predicted octanol–water partition coefficient (Wildman–Crippen LogP) is 1.48. The fourth-order valence-electron chi connectivity index (χ4n) is 1.42. The normalized spacial score (nSPS) is 17.0. The standard InChI is InChI=1S/C11H15NO/c1-9-4-2-3-5-10(9)6-12-11-7-13-8-11/h2-5,11-12H,6-8H2,1H3. The molecule has 1 aliphatic rings. The summed E-state index contributed by atoms with van der Waals surface area (Å²) >= 11 is 0. The lowest BCUT2D eigenvalue weighted by Crippen LogP contribution is -2.45. The molecule has 0 unspecified atom stereocenters. The second-order valence-electron chi connectivity index (χ2n) is 3.54. The maximum absolute atomic E-state index is 5.09. The van der Waals surface area contributed by atoms with Crippen LogP contribution in [0.1, 0.15) is 11.1 Å². The third-order valence-electron chi connectivity index (χ3n) is 2.48. The van der Waals surface area contributed by atoms with E-state index in [-0.39, 0.29) is 0 Å². The average Bonchev–Trinajstić information content (AvgIpc) is 2.05. The van der Waals surface area contributed by atoms with Gasteiger partial charge in [0, 0.05) is 6.54 Å². The SMILES string of the molecule is Cc1ccccc1CNC1COC1. The van der Waals surface area contributed by atoms with Crippen molar-refractivity contribution in [2.75, 3.05) is 13.2 Å². The first-order valence-corrected chi connectivity index (χ1v) is 4.72. The molecule has 0 saturated carbocycles. The van der Waals surface area contributed by atoms with Gasteiger partial charge in [0.05, 0.1) is 19.3 Å². The van der Waals surface area contributed by atoms with Crippen molar-refractivity contribution < 1.29 is 4.74 Å². The second kappa shape index (κ2) is 3.90. The molecule has 0 aromatic heterocycles. The number of hydrogen-bond donors (Lipinski definition) is 1. The maximum Gasteiger partial charge on any atom is 0.0643 e. The molecule has 0 radical (unpaired) electrons. The molecule has 2 rings (SSSR count). The zero-order chi connectivity index (χ0) is 9.10. The van der Waals surface area contributed by atoms with Crippen molar-refractivity contribution in [3.8, 4) is 0 Å². The number of benzene rings is 1. The summed E-state index contributed by atoms with van der Waals surface area (Å²) in [6.07, 6.45) is 0. The number of nitrogens with one attached hydrogen (secondary N) is 1. The highest BCUT2D eigenvalue weighted by Gasteiger charge is 2.16. The summed E-state index contributed by atoms with van der Waals surface area (Å²) in [6.45, 7) is 4.84. The van der Waals surface area contributed by atoms with Crippen LogP contribution in [0.2, 0.25) is 0 Å². The highest BCUT2D eigenvalue weighted by molar-refractivity contribution is 5.25. The minimum absolute atomic E-state index is 0.569. The first kappa shape index (κ1) is 8.73. The van der Waals surface area contributed by atoms with Crippen LogP contribution in [0.4, 0.5) is 0 Å². The van der Waals surface area contributed by atoms with E-state index in [2.05, 4.69) is 36.5 Å². The highest BCUT2D eigenvalue weighted by Crippen LogP contribution is 2.08. The molecule has 1 heterocycles. The fraction of sp³-hybridized carbons (Fsp3) is 0.455. The lowest BCUT2D eigenvalue weighted by molar-refractivity contribution is -0.00580. The van der Waals surface area contributed by atoms with Gasteiger partial charge in [-0.15, -0.1) is 0 Å². The van der Waals surface area contributed by atoms with Crippen LogP contribution in [-0.4, -0.2) is 19.3 Å². The van der Waals surface area contributed by atoms with Crippen molar-refractivity contribution >= 4 is 0 Å². The topological polar surface area (TPSA) is 21.3 Å². The van der Waals surface area contributed by atoms with E-state index in [1.54, 1.807) is 0 Å². The number of aryl methyl sites for hydroxylation is 1. The van der Waals surface area contributed by atoms with E-state index >= 15 is 0 Å². The third-order valence-corrected chi connectivity index (χ3v) is 2.48. The van der Waals surface area contributed by atoms with Crippen LogP contribution >= 0.6 is 0 Å². The lowest BCUT2D eigenvalue weighted by atomic mass is 10.1. The lowest BCUT2D eigenvalue weighted by Gasteiger charge is -2.27. The summed E-state index contributed by atoms with van der Waals surface area (Å²) in [7, 11) is 0. The quantitative estimate of drug-likeness (QED) is 0.755. The number of ether oxygens (including phenoxy) is 1. The van der Waals surface area contributed by atoms with Gasteiger partial charge < -0.3 is 10.1 Å². The van der Waals surface area contributed by atoms with Crippen LogP contribution in [-0.2, 0) is 11.3 Å². The van der Waals surface area contributed by atoms with E-state index in [9.17, 15) is 0 Å². The van der Waals surface area contributed by atoms with Crippen molar-refractivity contribution in [1.29, 1.82) is 0 Å². The van der Waals surface area contributed by atoms with Crippen LogP contribution < -0.4 is 5.32 Å². The van der Waals surface area contributed by atoms with Crippen LogP contribution in [0.5, 0.6) is 0 Å². The van der Waals surface area contributed by atoms with Crippen LogP contribution in [0.15, 0.2) is 24.3 Å². The molecule has 0 spiro atoms. The first-order chi connectivity index (χ1) is 6.36. The van der Waals surface area contributed by atoms with Gasteiger partial charge in [0.2, 0.25) is 0 Å². The number of rotatable bonds is 3. The molecule has 70 valence electrons. The molecule has 1 aliphatic heterocycles. The molecule has 1 N–H and O–H groups in total. The Hall–Kier alpha value is -0.860. The smallest absolute Gasteiger partial charge is 0.0643 e. The monoisotopic (exact) mass is 177 g/mol. The van der Waals surface area contributed by atoms with Crippen molar-refractivity contribution in [2.24, 2.45) is 0 Å². The Morgan fingerprint density at radius 3 is 2.77 bits per heavy atom. The molecule has 1 saturated heterocycles. The zero-order valence-electron chi connectivity index (χ0n) is 7.92. The van der Waals surface area contributed by atoms with E-state index in [0.717, 1.165) is 19.8 Å². The molecule has 2 nitrogen and oxygen atoms in total. The Labute approximate surface area is 78.9 Å². The number of hydrogen-bond acceptors (Lipinski definition) is 2. The van der Waals surface area contributed by atoms with Gasteiger partial charge in [-0.3, -0.25) is 0 Å². The Morgan fingerprint density at radius 1 is 1.38 bits per heavy atom. The van der Waals surface area contributed by atoms with Crippen LogP contribution in [0, 0.1) is 6.92 Å². The van der Waals surface area contributed by atoms with E-state index in [0.29, 0.717) is 6.04 Å². The summed E-state index contributed by atoms with van der Waals surface area (Å²) in [5.74, 6) is 0. The van der Waals surface area contributed by atoms with E-state index < -0.39 is 0 Å². The molecule has 2 heteroatoms. The van der Waals surface area contributed by atoms with E-state index in [4.69, 9.17) is 4.74 Å². The largest absolute Gasteiger partial charge is 0.378 e. The summed E-state index contributed by atoms with van der Waals surface area (Å²) in [6, 6.07) is 9.04. The summed E-state index contributed by atoms with van der Waals surface area (Å²) in [5, 5.41) is 3.45. The van der Waals surface area contributed by atoms with Gasteiger partial charge in [-0.05, 0) is 18.1 Å². The Bertz CT molecular complexity index is 281. The van der Waals surface area contributed by atoms with E-state index in [1.807, 2.05) is 0 Å². The molecular weight excluding hydrogens is 162 g/mol. The van der Waals surface area contributed by atoms with E-state index in [1.165, 1.54) is 11.1 Å². The van der Waals surface area contributed by atoms with Gasteiger partial charge in [-0.25, -0.2) is 0 Å². The minimum atomic E-state index is 0.569. The zero-order valence-corrected chi connectivity index (χ0v) is 7.92. The highest BCUT2D eigenvalue weighted by atomic mass is 16.5. The van der Waals surface area contributed by atoms with Crippen molar-refractivity contribution in [2.45, 2.75) is 19.5 Å². The van der Waals surface area contributed by atoms with Gasteiger partial charge in [-0.1, -0.05) is 24.3 Å². The third kappa shape index (κ3) is 2.08. The summed E-state index contributed by atoms with van der Waals surface area (Å²) in [5.41, 5.74) is 2.74. The van der Waals surface area contributed by atoms with Gasteiger partial charge in [-0.2, -0.15) is 0 Å². The minimum Gasteiger partial charge on any atom is -0.378 e. The molecule has 13 heavy (non-hydrogen) atoms. The summed E-state index contributed by atoms with van der Waals surface area (Å²) in [4.78, 5) is 0. The fourth-order valence-corrected chi connectivity index (χ4v) is 1.42. The Morgan fingerprint density at radius 2 is 2.15 bits per heavy atom. The predicted molar refractivity (Wildman–Crippen MR) is 52.6 cm³/mol. The molecule has 1 fully saturated rings. The molecule has 0 atom stereocenters. The Kier molecular flexibility index (Phi) is 2.62. The van der Waals surface area contributed by atoms with Crippen molar-refractivity contribution in [1.82, 2.24) is 5.32 Å². The van der Waals surface area contributed by atoms with Crippen molar-refractivity contribution in [3.05, 3.63) is 35.4 Å². The van der Waals surface area contributed by atoms with Gasteiger partial charge in [0.15, 0.2) is 0 Å².